The molecule has 0 unspecified atom stereocenters. The number of carbonyl (C=O) groups excluding carboxylic acids is 3. The maximum absolute atomic E-state index is 12.4. The maximum Gasteiger partial charge on any atom is 0.331 e. The molecule has 7 nitrogen and oxygen atoms in total. The van der Waals surface area contributed by atoms with E-state index in [-0.39, 0.29) is 17.6 Å². The van der Waals surface area contributed by atoms with Crippen LogP contribution in [0.25, 0.3) is 6.08 Å². The highest BCUT2D eigenvalue weighted by atomic mass is 16.5. The zero-order valence-electron chi connectivity index (χ0n) is 18.5. The van der Waals surface area contributed by atoms with Crippen LogP contribution in [0.3, 0.4) is 0 Å². The second kappa shape index (κ2) is 9.20. The first kappa shape index (κ1) is 22.3. The number of aromatic nitrogens is 1. The van der Waals surface area contributed by atoms with Crippen LogP contribution in [0.15, 0.2) is 18.2 Å². The van der Waals surface area contributed by atoms with E-state index in [9.17, 15) is 14.4 Å². The summed E-state index contributed by atoms with van der Waals surface area (Å²) >= 11 is 0. The molecule has 0 spiro atoms. The lowest BCUT2D eigenvalue weighted by atomic mass is 10.1. The standard InChI is InChI=1S/C24H27NO6/c1-6-29-20-11-18-9-13(2)31-21(18)10-17(20)7-8-22(28)30-12-19(27)24-14(3)23(16(5)26)15(4)25-24/h7-8,10-11,13,25H,6,9,12H2,1-5H3/b8-7+/t13-/m0/s1. The van der Waals surface area contributed by atoms with Crippen molar-refractivity contribution in [3.63, 3.8) is 0 Å². The Hall–Kier alpha value is -3.35. The summed E-state index contributed by atoms with van der Waals surface area (Å²) in [7, 11) is 0. The zero-order chi connectivity index (χ0) is 22.7. The molecule has 1 aromatic carbocycles. The summed E-state index contributed by atoms with van der Waals surface area (Å²) in [4.78, 5) is 39.3. The number of H-pyrrole nitrogens is 1. The van der Waals surface area contributed by atoms with Crippen LogP contribution in [0.1, 0.15) is 64.0 Å². The van der Waals surface area contributed by atoms with E-state index in [1.807, 2.05) is 26.0 Å². The molecule has 0 aliphatic carbocycles. The van der Waals surface area contributed by atoms with Crippen LogP contribution >= 0.6 is 0 Å². The number of hydrogen-bond acceptors (Lipinski definition) is 6. The Kier molecular flexibility index (Phi) is 6.63. The van der Waals surface area contributed by atoms with Gasteiger partial charge in [0.1, 0.15) is 17.6 Å². The largest absolute Gasteiger partial charge is 0.493 e. The SMILES string of the molecule is CCOc1cc2c(cc1/C=C/C(=O)OCC(=O)c1[nH]c(C)c(C(C)=O)c1C)O[C@@H](C)C2. The van der Waals surface area contributed by atoms with Crippen molar-refractivity contribution in [3.05, 3.63) is 51.9 Å². The molecule has 1 atom stereocenters. The third-order valence-corrected chi connectivity index (χ3v) is 5.14. The summed E-state index contributed by atoms with van der Waals surface area (Å²) in [5.41, 5.74) is 3.73. The molecule has 0 radical (unpaired) electrons. The first-order valence-electron chi connectivity index (χ1n) is 10.3. The molecule has 0 saturated carbocycles. The number of aryl methyl sites for hydroxylation is 1. The second-order valence-electron chi connectivity index (χ2n) is 7.61. The predicted octanol–water partition coefficient (Wildman–Crippen LogP) is 4.00. The average molecular weight is 425 g/mol. The molecule has 7 heteroatoms. The van der Waals surface area contributed by atoms with Crippen molar-refractivity contribution in [3.8, 4) is 11.5 Å². The molecular formula is C24H27NO6. The zero-order valence-corrected chi connectivity index (χ0v) is 18.5. The summed E-state index contributed by atoms with van der Waals surface area (Å²) in [6, 6.07) is 3.77. The third-order valence-electron chi connectivity index (χ3n) is 5.14. The van der Waals surface area contributed by atoms with E-state index in [0.29, 0.717) is 34.7 Å². The minimum absolute atomic E-state index is 0.100. The van der Waals surface area contributed by atoms with Gasteiger partial charge in [0.15, 0.2) is 12.4 Å². The third kappa shape index (κ3) is 4.87. The van der Waals surface area contributed by atoms with Gasteiger partial charge in [-0.25, -0.2) is 4.79 Å². The van der Waals surface area contributed by atoms with Gasteiger partial charge in [-0.1, -0.05) is 0 Å². The molecule has 3 rings (SSSR count). The van der Waals surface area contributed by atoms with Crippen LogP contribution < -0.4 is 9.47 Å². The fourth-order valence-corrected chi connectivity index (χ4v) is 3.84. The van der Waals surface area contributed by atoms with Crippen molar-refractivity contribution in [2.24, 2.45) is 0 Å². The number of hydrogen-bond donors (Lipinski definition) is 1. The number of ether oxygens (including phenoxy) is 3. The Morgan fingerprint density at radius 3 is 2.65 bits per heavy atom. The predicted molar refractivity (Wildman–Crippen MR) is 116 cm³/mol. The lowest BCUT2D eigenvalue weighted by Crippen LogP contribution is -2.14. The van der Waals surface area contributed by atoms with E-state index in [0.717, 1.165) is 17.7 Å². The first-order chi connectivity index (χ1) is 14.7. The normalized spacial score (nSPS) is 14.9. The molecule has 0 saturated heterocycles. The molecule has 1 N–H and O–H groups in total. The number of Topliss-reactive ketones (excluding diaryl/α,β-unsaturated/α-hetero) is 2. The van der Waals surface area contributed by atoms with E-state index >= 15 is 0 Å². The van der Waals surface area contributed by atoms with Crippen LogP contribution in [0.5, 0.6) is 11.5 Å². The van der Waals surface area contributed by atoms with E-state index < -0.39 is 18.4 Å². The van der Waals surface area contributed by atoms with Gasteiger partial charge in [-0.05, 0) is 58.4 Å². The summed E-state index contributed by atoms with van der Waals surface area (Å²) < 4.78 is 16.6. The van der Waals surface area contributed by atoms with E-state index in [1.165, 1.54) is 13.0 Å². The number of carbonyl (C=O) groups is 3. The van der Waals surface area contributed by atoms with Gasteiger partial charge in [0.25, 0.3) is 0 Å². The van der Waals surface area contributed by atoms with Crippen LogP contribution in [0, 0.1) is 13.8 Å². The van der Waals surface area contributed by atoms with Crippen molar-refractivity contribution in [2.75, 3.05) is 13.2 Å². The monoisotopic (exact) mass is 425 g/mol. The number of aromatic amines is 1. The second-order valence-corrected chi connectivity index (χ2v) is 7.61. The van der Waals surface area contributed by atoms with Gasteiger partial charge in [0.2, 0.25) is 5.78 Å². The Morgan fingerprint density at radius 2 is 2.00 bits per heavy atom. The lowest BCUT2D eigenvalue weighted by molar-refractivity contribution is -0.136. The Bertz CT molecular complexity index is 1060. The van der Waals surface area contributed by atoms with Crippen LogP contribution in [-0.2, 0) is 16.0 Å². The number of nitrogens with one attached hydrogen (secondary N) is 1. The van der Waals surface area contributed by atoms with Crippen molar-refractivity contribution < 1.29 is 28.6 Å². The summed E-state index contributed by atoms with van der Waals surface area (Å²) in [6.07, 6.45) is 3.75. The molecule has 164 valence electrons. The van der Waals surface area contributed by atoms with Gasteiger partial charge in [-0.2, -0.15) is 0 Å². The summed E-state index contributed by atoms with van der Waals surface area (Å²) in [6.45, 7) is 8.83. The smallest absolute Gasteiger partial charge is 0.331 e. The fraction of sp³-hybridized carbons (Fsp3) is 0.375. The molecule has 1 aliphatic heterocycles. The number of benzene rings is 1. The van der Waals surface area contributed by atoms with Crippen molar-refractivity contribution in [1.82, 2.24) is 4.98 Å². The van der Waals surface area contributed by atoms with Gasteiger partial charge in [-0.15, -0.1) is 0 Å². The van der Waals surface area contributed by atoms with E-state index in [1.54, 1.807) is 19.9 Å². The highest BCUT2D eigenvalue weighted by Gasteiger charge is 2.22. The number of fused-ring (bicyclic) bond motifs is 1. The maximum atomic E-state index is 12.4. The van der Waals surface area contributed by atoms with Crippen LogP contribution in [-0.4, -0.2) is 41.8 Å². The topological polar surface area (TPSA) is 94.7 Å². The van der Waals surface area contributed by atoms with E-state index in [4.69, 9.17) is 14.2 Å². The number of esters is 1. The quantitative estimate of drug-likeness (QED) is 0.390. The fourth-order valence-electron chi connectivity index (χ4n) is 3.84. The first-order valence-corrected chi connectivity index (χ1v) is 10.3. The number of rotatable bonds is 8. The van der Waals surface area contributed by atoms with Gasteiger partial charge >= 0.3 is 5.97 Å². The minimum Gasteiger partial charge on any atom is -0.493 e. The molecule has 2 aromatic rings. The molecule has 0 amide bonds. The van der Waals surface area contributed by atoms with Crippen LogP contribution in [0.2, 0.25) is 0 Å². The van der Waals surface area contributed by atoms with Crippen LogP contribution in [0.4, 0.5) is 0 Å². The lowest BCUT2D eigenvalue weighted by Gasteiger charge is -2.10. The van der Waals surface area contributed by atoms with Crippen molar-refractivity contribution in [2.45, 2.75) is 47.1 Å². The van der Waals surface area contributed by atoms with E-state index in [2.05, 4.69) is 4.98 Å². The summed E-state index contributed by atoms with van der Waals surface area (Å²) in [5.74, 6) is 0.262. The molecule has 0 fully saturated rings. The van der Waals surface area contributed by atoms with Gasteiger partial charge in [0, 0.05) is 34.9 Å². The Morgan fingerprint density at radius 1 is 1.26 bits per heavy atom. The molecule has 2 heterocycles. The number of ketones is 2. The van der Waals surface area contributed by atoms with Gasteiger partial charge < -0.3 is 19.2 Å². The molecule has 1 aromatic heterocycles. The van der Waals surface area contributed by atoms with Crippen molar-refractivity contribution >= 4 is 23.6 Å². The minimum atomic E-state index is -0.654. The van der Waals surface area contributed by atoms with Gasteiger partial charge in [0.05, 0.1) is 12.3 Å². The summed E-state index contributed by atoms with van der Waals surface area (Å²) in [5, 5.41) is 0. The highest BCUT2D eigenvalue weighted by molar-refractivity contribution is 6.04. The molecular weight excluding hydrogens is 398 g/mol. The Labute approximate surface area is 181 Å². The molecule has 1 aliphatic rings. The van der Waals surface area contributed by atoms with Crippen molar-refractivity contribution in [1.29, 1.82) is 0 Å². The molecule has 0 bridgehead atoms. The Balaban J connectivity index is 1.68. The highest BCUT2D eigenvalue weighted by Crippen LogP contribution is 2.35. The average Bonchev–Trinajstić information content (AvgIpc) is 3.21. The molecule has 31 heavy (non-hydrogen) atoms. The van der Waals surface area contributed by atoms with Gasteiger partial charge in [-0.3, -0.25) is 9.59 Å².